The molecule has 0 aromatic heterocycles. The number of aryl methyl sites for hydroxylation is 1. The molecular formula is C20H23ClFN3O. The quantitative estimate of drug-likeness (QED) is 0.399. The van der Waals surface area contributed by atoms with Crippen molar-refractivity contribution in [2.45, 2.75) is 13.8 Å². The zero-order valence-corrected chi connectivity index (χ0v) is 16.2. The SMILES string of the molecule is CCN(C)C=Nc1cc(C)c(C(=O)CN(C)c2ccc(F)cc2)cc1Cl. The summed E-state index contributed by atoms with van der Waals surface area (Å²) in [5, 5.41) is 0.434. The number of carbonyl (C=O) groups is 1. The molecule has 4 nitrogen and oxygen atoms in total. The number of Topliss-reactive ketones (excluding diaryl/α,β-unsaturated/α-hetero) is 1. The maximum absolute atomic E-state index is 13.0. The number of anilines is 1. The van der Waals surface area contributed by atoms with Crippen LogP contribution in [0.3, 0.4) is 0 Å². The van der Waals surface area contributed by atoms with Crippen LogP contribution in [0.5, 0.6) is 0 Å². The number of likely N-dealkylation sites (N-methyl/N-ethyl adjacent to an activating group) is 1. The summed E-state index contributed by atoms with van der Waals surface area (Å²) in [7, 11) is 3.72. The summed E-state index contributed by atoms with van der Waals surface area (Å²) in [4.78, 5) is 20.7. The number of aliphatic imine (C=N–C) groups is 1. The molecule has 0 amide bonds. The predicted molar refractivity (Wildman–Crippen MR) is 107 cm³/mol. The van der Waals surface area contributed by atoms with Crippen molar-refractivity contribution in [1.82, 2.24) is 4.90 Å². The molecule has 0 bridgehead atoms. The van der Waals surface area contributed by atoms with Gasteiger partial charge in [0.05, 0.1) is 23.6 Å². The molecule has 0 radical (unpaired) electrons. The highest BCUT2D eigenvalue weighted by atomic mass is 35.5. The Morgan fingerprint density at radius 1 is 1.23 bits per heavy atom. The second kappa shape index (κ2) is 8.81. The molecule has 2 aromatic rings. The van der Waals surface area contributed by atoms with Gasteiger partial charge in [-0.15, -0.1) is 0 Å². The van der Waals surface area contributed by atoms with Crippen LogP contribution in [-0.4, -0.2) is 44.2 Å². The third-order valence-electron chi connectivity index (χ3n) is 4.14. The van der Waals surface area contributed by atoms with Crippen LogP contribution in [0.1, 0.15) is 22.8 Å². The van der Waals surface area contributed by atoms with Crippen molar-refractivity contribution in [3.05, 3.63) is 58.4 Å². The summed E-state index contributed by atoms with van der Waals surface area (Å²) in [6.45, 7) is 4.90. The number of hydrogen-bond donors (Lipinski definition) is 0. The van der Waals surface area contributed by atoms with Gasteiger partial charge in [-0.05, 0) is 55.8 Å². The Morgan fingerprint density at radius 3 is 2.50 bits per heavy atom. The normalized spacial score (nSPS) is 11.0. The van der Waals surface area contributed by atoms with Crippen LogP contribution in [0.25, 0.3) is 0 Å². The molecule has 138 valence electrons. The lowest BCUT2D eigenvalue weighted by atomic mass is 10.0. The Morgan fingerprint density at radius 2 is 1.88 bits per heavy atom. The molecule has 0 unspecified atom stereocenters. The second-order valence-electron chi connectivity index (χ2n) is 6.19. The molecule has 0 aliphatic heterocycles. The van der Waals surface area contributed by atoms with Gasteiger partial charge < -0.3 is 9.80 Å². The highest BCUT2D eigenvalue weighted by Gasteiger charge is 2.15. The first kappa shape index (κ1) is 19.9. The van der Waals surface area contributed by atoms with Crippen molar-refractivity contribution in [2.24, 2.45) is 4.99 Å². The van der Waals surface area contributed by atoms with Gasteiger partial charge in [-0.1, -0.05) is 11.6 Å². The third kappa shape index (κ3) is 5.05. The highest BCUT2D eigenvalue weighted by Crippen LogP contribution is 2.29. The molecular weight excluding hydrogens is 353 g/mol. The van der Waals surface area contributed by atoms with E-state index in [1.807, 2.05) is 31.9 Å². The van der Waals surface area contributed by atoms with Gasteiger partial charge in [-0.25, -0.2) is 9.38 Å². The van der Waals surface area contributed by atoms with E-state index in [1.54, 1.807) is 36.5 Å². The van der Waals surface area contributed by atoms with Gasteiger partial charge in [-0.3, -0.25) is 4.79 Å². The average molecular weight is 376 g/mol. The first-order chi connectivity index (χ1) is 12.3. The highest BCUT2D eigenvalue weighted by molar-refractivity contribution is 6.33. The number of carbonyl (C=O) groups excluding carboxylic acids is 1. The first-order valence-corrected chi connectivity index (χ1v) is 8.74. The molecule has 0 aliphatic carbocycles. The van der Waals surface area contributed by atoms with Gasteiger partial charge in [0.25, 0.3) is 0 Å². The van der Waals surface area contributed by atoms with Crippen LogP contribution < -0.4 is 4.90 Å². The molecule has 0 atom stereocenters. The smallest absolute Gasteiger partial charge is 0.182 e. The van der Waals surface area contributed by atoms with E-state index >= 15 is 0 Å². The van der Waals surface area contributed by atoms with Gasteiger partial charge in [-0.2, -0.15) is 0 Å². The van der Waals surface area contributed by atoms with Crippen LogP contribution in [0, 0.1) is 12.7 Å². The summed E-state index contributed by atoms with van der Waals surface area (Å²) < 4.78 is 13.0. The first-order valence-electron chi connectivity index (χ1n) is 8.36. The van der Waals surface area contributed by atoms with E-state index in [4.69, 9.17) is 11.6 Å². The lowest BCUT2D eigenvalue weighted by molar-refractivity contribution is 0.1000. The fraction of sp³-hybridized carbons (Fsp3) is 0.300. The average Bonchev–Trinajstić information content (AvgIpc) is 2.62. The summed E-state index contributed by atoms with van der Waals surface area (Å²) in [6, 6.07) is 9.51. The monoisotopic (exact) mass is 375 g/mol. The molecule has 0 saturated carbocycles. The van der Waals surface area contributed by atoms with Crippen LogP contribution in [-0.2, 0) is 0 Å². The van der Waals surface area contributed by atoms with Crippen molar-refractivity contribution >= 4 is 35.1 Å². The zero-order chi connectivity index (χ0) is 19.3. The van der Waals surface area contributed by atoms with E-state index in [2.05, 4.69) is 4.99 Å². The predicted octanol–water partition coefficient (Wildman–Crippen LogP) is 4.72. The Balaban J connectivity index is 2.17. The van der Waals surface area contributed by atoms with Gasteiger partial charge in [0.1, 0.15) is 5.82 Å². The molecule has 6 heteroatoms. The van der Waals surface area contributed by atoms with E-state index in [0.29, 0.717) is 16.3 Å². The van der Waals surface area contributed by atoms with E-state index < -0.39 is 0 Å². The Hall–Kier alpha value is -2.40. The fourth-order valence-electron chi connectivity index (χ4n) is 2.40. The van der Waals surface area contributed by atoms with Gasteiger partial charge in [0, 0.05) is 31.9 Å². The van der Waals surface area contributed by atoms with Crippen LogP contribution >= 0.6 is 11.6 Å². The Labute approximate surface area is 158 Å². The minimum atomic E-state index is -0.305. The maximum atomic E-state index is 13.0. The summed E-state index contributed by atoms with van der Waals surface area (Å²) >= 11 is 6.30. The van der Waals surface area contributed by atoms with Gasteiger partial charge >= 0.3 is 0 Å². The molecule has 26 heavy (non-hydrogen) atoms. The minimum Gasteiger partial charge on any atom is -0.367 e. The lowest BCUT2D eigenvalue weighted by Crippen LogP contribution is -2.26. The number of hydrogen-bond acceptors (Lipinski definition) is 3. The van der Waals surface area contributed by atoms with E-state index in [-0.39, 0.29) is 18.1 Å². The molecule has 0 spiro atoms. The van der Waals surface area contributed by atoms with E-state index in [0.717, 1.165) is 17.8 Å². The largest absolute Gasteiger partial charge is 0.367 e. The Kier molecular flexibility index (Phi) is 6.75. The molecule has 2 rings (SSSR count). The summed E-state index contributed by atoms with van der Waals surface area (Å²) in [5.41, 5.74) is 2.78. The van der Waals surface area contributed by atoms with Crippen molar-refractivity contribution in [3.63, 3.8) is 0 Å². The standard InChI is InChI=1S/C20H23ClFN3O/c1-5-24(3)13-23-19-10-14(2)17(11-18(19)21)20(26)12-25(4)16-8-6-15(22)7-9-16/h6-11,13H,5,12H2,1-4H3. The Bertz CT molecular complexity index is 805. The summed E-state index contributed by atoms with van der Waals surface area (Å²) in [5.74, 6) is -0.363. The number of nitrogens with zero attached hydrogens (tertiary/aromatic N) is 3. The number of rotatable bonds is 7. The van der Waals surface area contributed by atoms with Gasteiger partial charge in [0.2, 0.25) is 0 Å². The fourth-order valence-corrected chi connectivity index (χ4v) is 2.61. The van der Waals surface area contributed by atoms with Crippen LogP contribution in [0.4, 0.5) is 15.8 Å². The number of benzene rings is 2. The molecule has 0 fully saturated rings. The van der Waals surface area contributed by atoms with Crippen LogP contribution in [0.2, 0.25) is 5.02 Å². The molecule has 0 saturated heterocycles. The zero-order valence-electron chi connectivity index (χ0n) is 15.5. The molecule has 0 heterocycles. The van der Waals surface area contributed by atoms with Gasteiger partial charge in [0.15, 0.2) is 5.78 Å². The topological polar surface area (TPSA) is 35.9 Å². The maximum Gasteiger partial charge on any atom is 0.182 e. The number of halogens is 2. The molecule has 0 N–H and O–H groups in total. The third-order valence-corrected chi connectivity index (χ3v) is 4.44. The van der Waals surface area contributed by atoms with Crippen LogP contribution in [0.15, 0.2) is 41.4 Å². The van der Waals surface area contributed by atoms with Crippen molar-refractivity contribution in [2.75, 3.05) is 32.1 Å². The van der Waals surface area contributed by atoms with Crippen molar-refractivity contribution in [1.29, 1.82) is 0 Å². The lowest BCUT2D eigenvalue weighted by Gasteiger charge is -2.19. The minimum absolute atomic E-state index is 0.0579. The second-order valence-corrected chi connectivity index (χ2v) is 6.60. The summed E-state index contributed by atoms with van der Waals surface area (Å²) in [6.07, 6.45) is 1.71. The number of ketones is 1. The van der Waals surface area contributed by atoms with E-state index in [1.165, 1.54) is 12.1 Å². The van der Waals surface area contributed by atoms with E-state index in [9.17, 15) is 9.18 Å². The molecule has 0 aliphatic rings. The van der Waals surface area contributed by atoms with Crippen molar-refractivity contribution in [3.8, 4) is 0 Å². The van der Waals surface area contributed by atoms with Crippen molar-refractivity contribution < 1.29 is 9.18 Å². The molecule has 2 aromatic carbocycles.